The van der Waals surface area contributed by atoms with Gasteiger partial charge in [0.15, 0.2) is 0 Å². The second-order valence-corrected chi connectivity index (χ2v) is 11.2. The molecule has 36 heavy (non-hydrogen) atoms. The molecule has 0 saturated carbocycles. The van der Waals surface area contributed by atoms with E-state index in [9.17, 15) is 13.2 Å². The van der Waals surface area contributed by atoms with E-state index in [0.717, 1.165) is 21.6 Å². The Kier molecular flexibility index (Phi) is 10.9. The van der Waals surface area contributed by atoms with Gasteiger partial charge in [0.2, 0.25) is 15.9 Å². The van der Waals surface area contributed by atoms with Gasteiger partial charge in [-0.15, -0.1) is 11.3 Å². The molecule has 1 amide bonds. The van der Waals surface area contributed by atoms with Gasteiger partial charge in [-0.2, -0.15) is 4.31 Å². The summed E-state index contributed by atoms with van der Waals surface area (Å²) in [6.07, 6.45) is 2.06. The number of benzene rings is 2. The second kappa shape index (κ2) is 14.1. The lowest BCUT2D eigenvalue weighted by Gasteiger charge is -2.27. The van der Waals surface area contributed by atoms with Crippen LogP contribution in [0.15, 0.2) is 77.5 Å². The topological polar surface area (TPSA) is 66.9 Å². The Labute approximate surface area is 218 Å². The highest BCUT2D eigenvalue weighted by Crippen LogP contribution is 2.20. The van der Waals surface area contributed by atoms with E-state index in [1.165, 1.54) is 9.71 Å². The number of hydrogen-bond acceptors (Lipinski definition) is 5. The Morgan fingerprint density at radius 2 is 1.69 bits per heavy atom. The van der Waals surface area contributed by atoms with Gasteiger partial charge in [-0.25, -0.2) is 8.42 Å². The Balaban J connectivity index is 1.81. The van der Waals surface area contributed by atoms with Gasteiger partial charge in [-0.1, -0.05) is 60.7 Å². The number of hydrogen-bond donors (Lipinski definition) is 0. The van der Waals surface area contributed by atoms with Crippen molar-refractivity contribution in [3.8, 4) is 0 Å². The van der Waals surface area contributed by atoms with Crippen LogP contribution in [0.25, 0.3) is 6.08 Å². The molecular weight excluding hydrogens is 492 g/mol. The first kappa shape index (κ1) is 27.8. The number of carbonyl (C=O) groups excluding carboxylic acids is 1. The zero-order valence-electron chi connectivity index (χ0n) is 20.9. The average Bonchev–Trinajstić information content (AvgIpc) is 3.29. The van der Waals surface area contributed by atoms with Crippen LogP contribution in [0.2, 0.25) is 0 Å². The molecule has 6 nitrogen and oxygen atoms in total. The van der Waals surface area contributed by atoms with Crippen LogP contribution in [0.1, 0.15) is 34.9 Å². The van der Waals surface area contributed by atoms with Crippen molar-refractivity contribution in [1.82, 2.24) is 9.21 Å². The summed E-state index contributed by atoms with van der Waals surface area (Å²) in [6.45, 7) is 5.72. The lowest BCUT2D eigenvalue weighted by molar-refractivity contribution is -0.132. The van der Waals surface area contributed by atoms with Gasteiger partial charge in [-0.3, -0.25) is 4.79 Å². The molecule has 0 saturated heterocycles. The monoisotopic (exact) mass is 526 g/mol. The number of ether oxygens (including phenoxy) is 1. The Bertz CT molecular complexity index is 1210. The van der Waals surface area contributed by atoms with Gasteiger partial charge in [0.25, 0.3) is 0 Å². The van der Waals surface area contributed by atoms with Gasteiger partial charge < -0.3 is 9.64 Å². The van der Waals surface area contributed by atoms with Crippen LogP contribution < -0.4 is 0 Å². The molecule has 0 unspecified atom stereocenters. The maximum atomic E-state index is 13.6. The molecule has 0 bridgehead atoms. The quantitative estimate of drug-likeness (QED) is 0.267. The molecule has 192 valence electrons. The maximum absolute atomic E-state index is 13.6. The van der Waals surface area contributed by atoms with Crippen LogP contribution in [-0.2, 0) is 32.6 Å². The standard InChI is InChI=1S/C28H34N2O4S2/c1-3-34-18-10-17-30(36(32,33)20-16-25-11-6-4-7-12-25)23-28(31)29(21-26-13-8-5-9-14-26)22-27-24(2)15-19-35-27/h4-9,11-16,19-20H,3,10,17-18,21-23H2,1-2H3. The molecule has 0 aliphatic rings. The maximum Gasteiger partial charge on any atom is 0.238 e. The van der Waals surface area contributed by atoms with E-state index >= 15 is 0 Å². The second-order valence-electron chi connectivity index (χ2n) is 8.40. The molecule has 2 aromatic carbocycles. The SMILES string of the molecule is CCOCCCN(CC(=O)N(Cc1ccccc1)Cc1sccc1C)S(=O)(=O)C=Cc1ccccc1. The number of thiophene rings is 1. The van der Waals surface area contributed by atoms with Crippen molar-refractivity contribution in [3.05, 3.63) is 99.1 Å². The fourth-order valence-corrected chi connectivity index (χ4v) is 5.72. The van der Waals surface area contributed by atoms with Crippen LogP contribution in [0.5, 0.6) is 0 Å². The van der Waals surface area contributed by atoms with E-state index in [0.29, 0.717) is 32.7 Å². The minimum absolute atomic E-state index is 0.199. The van der Waals surface area contributed by atoms with E-state index in [2.05, 4.69) is 0 Å². The minimum atomic E-state index is -3.83. The van der Waals surface area contributed by atoms with Crippen LogP contribution in [-0.4, -0.2) is 49.8 Å². The molecule has 1 aromatic heterocycles. The van der Waals surface area contributed by atoms with E-state index in [4.69, 9.17) is 4.74 Å². The largest absolute Gasteiger partial charge is 0.382 e. The number of sulfonamides is 1. The predicted octanol–water partition coefficient (Wildman–Crippen LogP) is 5.31. The van der Waals surface area contributed by atoms with Crippen molar-refractivity contribution >= 4 is 33.3 Å². The summed E-state index contributed by atoms with van der Waals surface area (Å²) in [5, 5.41) is 3.19. The molecule has 0 atom stereocenters. The fourth-order valence-electron chi connectivity index (χ4n) is 3.62. The summed E-state index contributed by atoms with van der Waals surface area (Å²) in [5.41, 5.74) is 2.90. The van der Waals surface area contributed by atoms with Gasteiger partial charge in [0, 0.05) is 36.6 Å². The third-order valence-corrected chi connectivity index (χ3v) is 8.19. The molecule has 8 heteroatoms. The normalized spacial score (nSPS) is 11.9. The van der Waals surface area contributed by atoms with Crippen LogP contribution in [0.4, 0.5) is 0 Å². The van der Waals surface area contributed by atoms with E-state index in [1.54, 1.807) is 22.3 Å². The third-order valence-electron chi connectivity index (χ3n) is 5.68. The molecule has 3 rings (SSSR count). The van der Waals surface area contributed by atoms with Crippen LogP contribution >= 0.6 is 11.3 Å². The summed E-state index contributed by atoms with van der Waals surface area (Å²) in [4.78, 5) is 16.4. The molecule has 0 N–H and O–H groups in total. The predicted molar refractivity (Wildman–Crippen MR) is 147 cm³/mol. The molecule has 1 heterocycles. The number of nitrogens with zero attached hydrogens (tertiary/aromatic N) is 2. The molecule has 0 aliphatic carbocycles. The van der Waals surface area contributed by atoms with Gasteiger partial charge in [0.1, 0.15) is 0 Å². The summed E-state index contributed by atoms with van der Waals surface area (Å²) in [7, 11) is -3.83. The van der Waals surface area contributed by atoms with Crippen molar-refractivity contribution in [3.63, 3.8) is 0 Å². The first-order chi connectivity index (χ1) is 17.4. The number of aryl methyl sites for hydroxylation is 1. The summed E-state index contributed by atoms with van der Waals surface area (Å²) in [6, 6.07) is 21.0. The highest BCUT2D eigenvalue weighted by molar-refractivity contribution is 7.92. The van der Waals surface area contributed by atoms with Crippen molar-refractivity contribution in [2.75, 3.05) is 26.3 Å². The first-order valence-corrected chi connectivity index (χ1v) is 14.4. The molecule has 0 fully saturated rings. The minimum Gasteiger partial charge on any atom is -0.382 e. The summed E-state index contributed by atoms with van der Waals surface area (Å²) >= 11 is 1.60. The molecule has 0 spiro atoms. The van der Waals surface area contributed by atoms with Crippen molar-refractivity contribution in [2.24, 2.45) is 0 Å². The Morgan fingerprint density at radius 3 is 2.33 bits per heavy atom. The Morgan fingerprint density at radius 1 is 1.00 bits per heavy atom. The lowest BCUT2D eigenvalue weighted by Crippen LogP contribution is -2.42. The van der Waals surface area contributed by atoms with Gasteiger partial charge in [0.05, 0.1) is 13.1 Å². The fraction of sp³-hybridized carbons (Fsp3) is 0.321. The molecular formula is C28H34N2O4S2. The number of carbonyl (C=O) groups is 1. The van der Waals surface area contributed by atoms with Crippen LogP contribution in [0, 0.1) is 6.92 Å². The highest BCUT2D eigenvalue weighted by atomic mass is 32.2. The first-order valence-electron chi connectivity index (χ1n) is 12.0. The van der Waals surface area contributed by atoms with Crippen molar-refractivity contribution in [2.45, 2.75) is 33.4 Å². The number of amides is 1. The highest BCUT2D eigenvalue weighted by Gasteiger charge is 2.25. The molecule has 0 aliphatic heterocycles. The average molecular weight is 527 g/mol. The summed E-state index contributed by atoms with van der Waals surface area (Å²) in [5.74, 6) is -0.236. The third kappa shape index (κ3) is 8.71. The van der Waals surface area contributed by atoms with Gasteiger partial charge in [-0.05, 0) is 54.5 Å². The lowest BCUT2D eigenvalue weighted by atomic mass is 10.2. The van der Waals surface area contributed by atoms with E-state index < -0.39 is 10.0 Å². The van der Waals surface area contributed by atoms with Crippen molar-refractivity contribution in [1.29, 1.82) is 0 Å². The molecule has 0 radical (unpaired) electrons. The van der Waals surface area contributed by atoms with Crippen molar-refractivity contribution < 1.29 is 17.9 Å². The smallest absolute Gasteiger partial charge is 0.238 e. The van der Waals surface area contributed by atoms with E-state index in [1.807, 2.05) is 86.0 Å². The number of rotatable bonds is 14. The molecule has 3 aromatic rings. The zero-order valence-corrected chi connectivity index (χ0v) is 22.5. The van der Waals surface area contributed by atoms with E-state index in [-0.39, 0.29) is 19.0 Å². The van der Waals surface area contributed by atoms with Crippen LogP contribution in [0.3, 0.4) is 0 Å². The summed E-state index contributed by atoms with van der Waals surface area (Å²) < 4.78 is 33.2. The Hall–Kier alpha value is -2.78. The van der Waals surface area contributed by atoms with Gasteiger partial charge >= 0.3 is 0 Å². The zero-order chi connectivity index (χ0) is 25.8.